The molecule has 2 N–H and O–H groups in total. The summed E-state index contributed by atoms with van der Waals surface area (Å²) in [6.45, 7) is 6.51. The highest BCUT2D eigenvalue weighted by Gasteiger charge is 2.22. The second-order valence-electron chi connectivity index (χ2n) is 4.94. The van der Waals surface area contributed by atoms with Crippen LogP contribution in [0.5, 0.6) is 0 Å². The first-order valence-corrected chi connectivity index (χ1v) is 7.41. The zero-order valence-corrected chi connectivity index (χ0v) is 13.1. The summed E-state index contributed by atoms with van der Waals surface area (Å²) in [5.74, 6) is 0.0426. The van der Waals surface area contributed by atoms with Crippen molar-refractivity contribution >= 4 is 18.3 Å². The average molecular weight is 293 g/mol. The van der Waals surface area contributed by atoms with Crippen LogP contribution in [0.1, 0.15) is 52.4 Å². The van der Waals surface area contributed by atoms with Gasteiger partial charge in [-0.05, 0) is 25.8 Å². The zero-order chi connectivity index (χ0) is 13.2. The van der Waals surface area contributed by atoms with Gasteiger partial charge in [0.25, 0.3) is 0 Å². The lowest BCUT2D eigenvalue weighted by Crippen LogP contribution is -2.41. The van der Waals surface area contributed by atoms with Gasteiger partial charge in [0.05, 0.1) is 6.10 Å². The van der Waals surface area contributed by atoms with Crippen LogP contribution < -0.4 is 10.6 Å². The number of carbonyl (C=O) groups is 1. The van der Waals surface area contributed by atoms with E-state index in [1.165, 1.54) is 19.3 Å². The molecule has 0 aromatic rings. The number of hydrogen-bond acceptors (Lipinski definition) is 3. The minimum absolute atomic E-state index is 0. The van der Waals surface area contributed by atoms with Crippen molar-refractivity contribution in [2.45, 2.75) is 64.6 Å². The van der Waals surface area contributed by atoms with E-state index in [0.29, 0.717) is 12.6 Å². The van der Waals surface area contributed by atoms with Crippen molar-refractivity contribution in [1.29, 1.82) is 0 Å². The smallest absolute Gasteiger partial charge is 0.249 e. The van der Waals surface area contributed by atoms with Gasteiger partial charge in [0.15, 0.2) is 0 Å². The lowest BCUT2D eigenvalue weighted by Gasteiger charge is -2.26. The lowest BCUT2D eigenvalue weighted by atomic mass is 9.97. The summed E-state index contributed by atoms with van der Waals surface area (Å²) in [5.41, 5.74) is 0. The molecule has 0 aromatic heterocycles. The Kier molecular flexibility index (Phi) is 11.3. The summed E-state index contributed by atoms with van der Waals surface area (Å²) < 4.78 is 5.93. The quantitative estimate of drug-likeness (QED) is 0.675. The highest BCUT2D eigenvalue weighted by molar-refractivity contribution is 5.85. The van der Waals surface area contributed by atoms with Gasteiger partial charge < -0.3 is 15.4 Å². The van der Waals surface area contributed by atoms with Crippen LogP contribution in [-0.2, 0) is 9.53 Å². The second kappa shape index (κ2) is 11.5. The molecule has 0 aliphatic heterocycles. The van der Waals surface area contributed by atoms with E-state index in [9.17, 15) is 4.79 Å². The van der Waals surface area contributed by atoms with Crippen LogP contribution >= 0.6 is 12.4 Å². The Labute approximate surface area is 123 Å². The summed E-state index contributed by atoms with van der Waals surface area (Å²) in [5, 5.41) is 6.12. The first kappa shape index (κ1) is 18.7. The summed E-state index contributed by atoms with van der Waals surface area (Å²) in [6, 6.07) is 0. The Hall–Kier alpha value is -0.320. The SMILES string of the molecule is CCNCCNC(=O)C(CC)OC1CCCCC1.Cl. The topological polar surface area (TPSA) is 50.4 Å². The van der Waals surface area contributed by atoms with Crippen LogP contribution in [0.15, 0.2) is 0 Å². The van der Waals surface area contributed by atoms with Gasteiger partial charge in [-0.15, -0.1) is 12.4 Å². The van der Waals surface area contributed by atoms with Crippen LogP contribution in [0, 0.1) is 0 Å². The summed E-state index contributed by atoms with van der Waals surface area (Å²) in [7, 11) is 0. The van der Waals surface area contributed by atoms with Crippen LogP contribution in [0.25, 0.3) is 0 Å². The van der Waals surface area contributed by atoms with Gasteiger partial charge in [-0.1, -0.05) is 33.1 Å². The molecule has 1 saturated carbocycles. The standard InChI is InChI=1S/C14H28N2O2.ClH/c1-3-13(14(17)16-11-10-15-4-2)18-12-8-6-5-7-9-12;/h12-13,15H,3-11H2,1-2H3,(H,16,17);1H. The first-order valence-electron chi connectivity index (χ1n) is 7.41. The fraction of sp³-hybridized carbons (Fsp3) is 0.929. The largest absolute Gasteiger partial charge is 0.365 e. The van der Waals surface area contributed by atoms with Crippen molar-refractivity contribution in [1.82, 2.24) is 10.6 Å². The summed E-state index contributed by atoms with van der Waals surface area (Å²) in [4.78, 5) is 11.9. The van der Waals surface area contributed by atoms with Gasteiger partial charge in [-0.3, -0.25) is 4.79 Å². The highest BCUT2D eigenvalue weighted by Crippen LogP contribution is 2.22. The minimum Gasteiger partial charge on any atom is -0.365 e. The van der Waals surface area contributed by atoms with Gasteiger partial charge >= 0.3 is 0 Å². The molecular weight excluding hydrogens is 264 g/mol. The maximum absolute atomic E-state index is 11.9. The maximum atomic E-state index is 11.9. The molecule has 1 unspecified atom stereocenters. The molecule has 114 valence electrons. The van der Waals surface area contributed by atoms with E-state index in [1.54, 1.807) is 0 Å². The lowest BCUT2D eigenvalue weighted by molar-refractivity contribution is -0.138. The predicted molar refractivity (Wildman–Crippen MR) is 80.8 cm³/mol. The van der Waals surface area contributed by atoms with E-state index in [2.05, 4.69) is 17.6 Å². The van der Waals surface area contributed by atoms with Crippen molar-refractivity contribution in [3.8, 4) is 0 Å². The molecule has 1 fully saturated rings. The Bertz CT molecular complexity index is 233. The number of halogens is 1. The van der Waals surface area contributed by atoms with E-state index in [4.69, 9.17) is 4.74 Å². The average Bonchev–Trinajstić information content (AvgIpc) is 2.42. The normalized spacial score (nSPS) is 17.6. The molecule has 19 heavy (non-hydrogen) atoms. The Balaban J connectivity index is 0.00000324. The molecule has 0 heterocycles. The van der Waals surface area contributed by atoms with Crippen LogP contribution in [0.2, 0.25) is 0 Å². The molecule has 1 aliphatic carbocycles. The molecule has 1 atom stereocenters. The van der Waals surface area contributed by atoms with Gasteiger partial charge in [0.2, 0.25) is 5.91 Å². The number of carbonyl (C=O) groups excluding carboxylic acids is 1. The van der Waals surface area contributed by atoms with Gasteiger partial charge in [-0.25, -0.2) is 0 Å². The third-order valence-electron chi connectivity index (χ3n) is 3.42. The van der Waals surface area contributed by atoms with Crippen LogP contribution in [-0.4, -0.2) is 37.7 Å². The molecule has 0 spiro atoms. The monoisotopic (exact) mass is 292 g/mol. The number of nitrogens with one attached hydrogen (secondary N) is 2. The Morgan fingerprint density at radius 3 is 2.47 bits per heavy atom. The van der Waals surface area contributed by atoms with Crippen molar-refractivity contribution in [2.24, 2.45) is 0 Å². The van der Waals surface area contributed by atoms with Crippen molar-refractivity contribution in [3.63, 3.8) is 0 Å². The highest BCUT2D eigenvalue weighted by atomic mass is 35.5. The molecule has 1 amide bonds. The van der Waals surface area contributed by atoms with Gasteiger partial charge in [-0.2, -0.15) is 0 Å². The molecule has 0 saturated heterocycles. The number of likely N-dealkylation sites (N-methyl/N-ethyl adjacent to an activating group) is 1. The Morgan fingerprint density at radius 1 is 1.21 bits per heavy atom. The molecule has 0 bridgehead atoms. The number of rotatable bonds is 8. The second-order valence-corrected chi connectivity index (χ2v) is 4.94. The predicted octanol–water partition coefficient (Wildman–Crippen LogP) is 2.26. The van der Waals surface area contributed by atoms with Crippen molar-refractivity contribution in [2.75, 3.05) is 19.6 Å². The molecule has 1 rings (SSSR count). The maximum Gasteiger partial charge on any atom is 0.249 e. The molecule has 4 nitrogen and oxygen atoms in total. The summed E-state index contributed by atoms with van der Waals surface area (Å²) >= 11 is 0. The molecular formula is C14H29ClN2O2. The fourth-order valence-corrected chi connectivity index (χ4v) is 2.34. The zero-order valence-electron chi connectivity index (χ0n) is 12.2. The van der Waals surface area contributed by atoms with E-state index in [-0.39, 0.29) is 24.4 Å². The fourth-order valence-electron chi connectivity index (χ4n) is 2.34. The third kappa shape index (κ3) is 7.75. The molecule has 0 aromatic carbocycles. The van der Waals surface area contributed by atoms with E-state index in [1.807, 2.05) is 6.92 Å². The number of amides is 1. The van der Waals surface area contributed by atoms with E-state index in [0.717, 1.165) is 32.4 Å². The van der Waals surface area contributed by atoms with Crippen LogP contribution in [0.4, 0.5) is 0 Å². The minimum atomic E-state index is -0.269. The molecule has 1 aliphatic rings. The van der Waals surface area contributed by atoms with Gasteiger partial charge in [0.1, 0.15) is 6.10 Å². The number of ether oxygens (including phenoxy) is 1. The third-order valence-corrected chi connectivity index (χ3v) is 3.42. The number of hydrogen-bond donors (Lipinski definition) is 2. The molecule has 5 heteroatoms. The van der Waals surface area contributed by atoms with Crippen molar-refractivity contribution in [3.05, 3.63) is 0 Å². The Morgan fingerprint density at radius 2 is 1.89 bits per heavy atom. The summed E-state index contributed by atoms with van der Waals surface area (Å²) in [6.07, 6.45) is 6.79. The first-order chi connectivity index (χ1) is 8.77. The van der Waals surface area contributed by atoms with E-state index < -0.39 is 0 Å². The van der Waals surface area contributed by atoms with Crippen molar-refractivity contribution < 1.29 is 9.53 Å². The van der Waals surface area contributed by atoms with Crippen LogP contribution in [0.3, 0.4) is 0 Å². The van der Waals surface area contributed by atoms with E-state index >= 15 is 0 Å². The van der Waals surface area contributed by atoms with Gasteiger partial charge in [0, 0.05) is 13.1 Å². The molecule has 0 radical (unpaired) electrons.